The second-order valence-electron chi connectivity index (χ2n) is 6.86. The highest BCUT2D eigenvalue weighted by atomic mass is 79.9. The van der Waals surface area contributed by atoms with Gasteiger partial charge in [0.2, 0.25) is 0 Å². The van der Waals surface area contributed by atoms with Gasteiger partial charge in [0.25, 0.3) is 0 Å². The third-order valence-electron chi connectivity index (χ3n) is 5.60. The molecule has 18 heavy (non-hydrogen) atoms. The van der Waals surface area contributed by atoms with E-state index in [-0.39, 0.29) is 11.5 Å². The molecule has 4 bridgehead atoms. The molecular weight excluding hydrogens is 308 g/mol. The first kappa shape index (κ1) is 11.9. The molecule has 0 aliphatic heterocycles. The summed E-state index contributed by atoms with van der Waals surface area (Å²) in [6.45, 7) is 0. The highest BCUT2D eigenvalue weighted by Gasteiger charge is 2.54. The lowest BCUT2D eigenvalue weighted by Crippen LogP contribution is -2.48. The normalized spacial score (nSPS) is 43.3. The number of rotatable bonds is 2. The fraction of sp³-hybridized carbons (Fsp3) is 0.733. The standard InChI is InChI=1S/C15H19BrOS/c16-13-8-18-7-12(13)14(17)15-4-9-1-10(5-15)3-11(2-9)6-15/h7-11,14,17H,1-6H2. The molecule has 1 aromatic rings. The molecule has 1 heterocycles. The van der Waals surface area contributed by atoms with Crippen molar-refractivity contribution in [2.24, 2.45) is 23.2 Å². The Labute approximate surface area is 121 Å². The largest absolute Gasteiger partial charge is 0.388 e. The Hall–Kier alpha value is 0.140. The maximum Gasteiger partial charge on any atom is 0.0865 e. The molecule has 1 unspecified atom stereocenters. The molecule has 0 spiro atoms. The van der Waals surface area contributed by atoms with E-state index in [1.54, 1.807) is 11.3 Å². The van der Waals surface area contributed by atoms with Gasteiger partial charge >= 0.3 is 0 Å². The SMILES string of the molecule is OC(c1cscc1Br)C12CC3CC(CC(C3)C1)C2. The van der Waals surface area contributed by atoms with E-state index >= 15 is 0 Å². The molecule has 1 atom stereocenters. The number of aliphatic hydroxyl groups excluding tert-OH is 1. The number of halogens is 1. The van der Waals surface area contributed by atoms with Crippen molar-refractivity contribution in [1.29, 1.82) is 0 Å². The summed E-state index contributed by atoms with van der Waals surface area (Å²) in [4.78, 5) is 0. The Morgan fingerprint density at radius 3 is 2.11 bits per heavy atom. The molecular formula is C15H19BrOS. The van der Waals surface area contributed by atoms with Gasteiger partial charge in [-0.1, -0.05) is 0 Å². The Kier molecular flexibility index (Phi) is 2.69. The molecule has 3 heteroatoms. The van der Waals surface area contributed by atoms with Crippen molar-refractivity contribution < 1.29 is 5.11 Å². The van der Waals surface area contributed by atoms with E-state index in [0.717, 1.165) is 27.8 Å². The fourth-order valence-electron chi connectivity index (χ4n) is 5.33. The lowest BCUT2D eigenvalue weighted by molar-refractivity contribution is -0.122. The van der Waals surface area contributed by atoms with E-state index in [0.29, 0.717) is 0 Å². The van der Waals surface area contributed by atoms with Crippen LogP contribution in [0.4, 0.5) is 0 Å². The lowest BCUT2D eigenvalue weighted by Gasteiger charge is -2.58. The Balaban J connectivity index is 1.69. The molecule has 1 N–H and O–H groups in total. The summed E-state index contributed by atoms with van der Waals surface area (Å²) >= 11 is 5.29. The van der Waals surface area contributed by atoms with Crippen LogP contribution in [0, 0.1) is 23.2 Å². The van der Waals surface area contributed by atoms with E-state index in [2.05, 4.69) is 26.7 Å². The second-order valence-corrected chi connectivity index (χ2v) is 8.46. The third kappa shape index (κ3) is 1.66. The van der Waals surface area contributed by atoms with Gasteiger partial charge in [0, 0.05) is 20.8 Å². The van der Waals surface area contributed by atoms with E-state index < -0.39 is 0 Å². The van der Waals surface area contributed by atoms with Gasteiger partial charge < -0.3 is 5.11 Å². The second kappa shape index (κ2) is 4.07. The van der Waals surface area contributed by atoms with Crippen LogP contribution in [0.15, 0.2) is 15.2 Å². The van der Waals surface area contributed by atoms with E-state index in [1.807, 2.05) is 0 Å². The first-order valence-electron chi connectivity index (χ1n) is 7.06. The molecule has 0 amide bonds. The van der Waals surface area contributed by atoms with Gasteiger partial charge in [0.15, 0.2) is 0 Å². The Morgan fingerprint density at radius 2 is 1.67 bits per heavy atom. The third-order valence-corrected chi connectivity index (χ3v) is 7.35. The summed E-state index contributed by atoms with van der Waals surface area (Å²) < 4.78 is 1.11. The summed E-state index contributed by atoms with van der Waals surface area (Å²) in [5, 5.41) is 15.2. The molecule has 5 rings (SSSR count). The van der Waals surface area contributed by atoms with E-state index in [1.165, 1.54) is 38.5 Å². The number of aliphatic hydroxyl groups is 1. The minimum Gasteiger partial charge on any atom is -0.388 e. The molecule has 4 aliphatic carbocycles. The average molecular weight is 327 g/mol. The molecule has 4 saturated carbocycles. The zero-order valence-corrected chi connectivity index (χ0v) is 12.8. The molecule has 98 valence electrons. The van der Waals surface area contributed by atoms with Crippen LogP contribution in [0.3, 0.4) is 0 Å². The van der Waals surface area contributed by atoms with Crippen molar-refractivity contribution in [3.05, 3.63) is 20.8 Å². The zero-order chi connectivity index (χ0) is 12.3. The number of hydrogen-bond acceptors (Lipinski definition) is 2. The number of hydrogen-bond donors (Lipinski definition) is 1. The van der Waals surface area contributed by atoms with Gasteiger partial charge in [-0.05, 0) is 77.6 Å². The summed E-state index contributed by atoms with van der Waals surface area (Å²) in [5.74, 6) is 2.72. The predicted octanol–water partition coefficient (Wildman–Crippen LogP) is 4.76. The van der Waals surface area contributed by atoms with Crippen LogP contribution >= 0.6 is 27.3 Å². The van der Waals surface area contributed by atoms with Gasteiger partial charge in [-0.3, -0.25) is 0 Å². The van der Waals surface area contributed by atoms with Crippen LogP contribution in [0.2, 0.25) is 0 Å². The van der Waals surface area contributed by atoms with Gasteiger partial charge in [0.05, 0.1) is 6.10 Å². The minimum absolute atomic E-state index is 0.207. The van der Waals surface area contributed by atoms with Crippen molar-refractivity contribution in [1.82, 2.24) is 0 Å². The quantitative estimate of drug-likeness (QED) is 0.830. The van der Waals surface area contributed by atoms with Gasteiger partial charge in [-0.2, -0.15) is 11.3 Å². The molecule has 0 aromatic carbocycles. The van der Waals surface area contributed by atoms with E-state index in [9.17, 15) is 5.11 Å². The molecule has 4 aliphatic rings. The predicted molar refractivity (Wildman–Crippen MR) is 77.6 cm³/mol. The molecule has 1 nitrogen and oxygen atoms in total. The Morgan fingerprint density at radius 1 is 1.11 bits per heavy atom. The van der Waals surface area contributed by atoms with Crippen LogP contribution in [0.25, 0.3) is 0 Å². The van der Waals surface area contributed by atoms with Crippen LogP contribution in [0.5, 0.6) is 0 Å². The summed E-state index contributed by atoms with van der Waals surface area (Å²) in [6.07, 6.45) is 7.88. The van der Waals surface area contributed by atoms with Gasteiger partial charge in [-0.25, -0.2) is 0 Å². The van der Waals surface area contributed by atoms with Crippen LogP contribution < -0.4 is 0 Å². The van der Waals surface area contributed by atoms with Crippen molar-refractivity contribution in [2.75, 3.05) is 0 Å². The highest BCUT2D eigenvalue weighted by Crippen LogP contribution is 2.64. The van der Waals surface area contributed by atoms with Crippen LogP contribution in [-0.4, -0.2) is 5.11 Å². The topological polar surface area (TPSA) is 20.2 Å². The summed E-state index contributed by atoms with van der Waals surface area (Å²) in [6, 6.07) is 0. The van der Waals surface area contributed by atoms with Gasteiger partial charge in [0.1, 0.15) is 0 Å². The maximum absolute atomic E-state index is 10.9. The summed E-state index contributed by atoms with van der Waals surface area (Å²) in [7, 11) is 0. The summed E-state index contributed by atoms with van der Waals surface area (Å²) in [5.41, 5.74) is 1.35. The minimum atomic E-state index is -0.244. The van der Waals surface area contributed by atoms with Crippen LogP contribution in [0.1, 0.15) is 50.2 Å². The molecule has 1 aromatic heterocycles. The maximum atomic E-state index is 10.9. The van der Waals surface area contributed by atoms with Crippen molar-refractivity contribution in [3.8, 4) is 0 Å². The van der Waals surface area contributed by atoms with Crippen molar-refractivity contribution >= 4 is 27.3 Å². The van der Waals surface area contributed by atoms with Crippen molar-refractivity contribution in [3.63, 3.8) is 0 Å². The first-order chi connectivity index (χ1) is 8.66. The zero-order valence-electron chi connectivity index (χ0n) is 10.4. The fourth-order valence-corrected chi connectivity index (χ4v) is 6.86. The van der Waals surface area contributed by atoms with Gasteiger partial charge in [-0.15, -0.1) is 0 Å². The molecule has 0 radical (unpaired) electrons. The highest BCUT2D eigenvalue weighted by molar-refractivity contribution is 9.10. The monoisotopic (exact) mass is 326 g/mol. The smallest absolute Gasteiger partial charge is 0.0865 e. The number of thiophene rings is 1. The molecule has 4 fully saturated rings. The lowest BCUT2D eigenvalue weighted by atomic mass is 9.48. The Bertz CT molecular complexity index is 432. The molecule has 0 saturated heterocycles. The first-order valence-corrected chi connectivity index (χ1v) is 8.79. The van der Waals surface area contributed by atoms with E-state index in [4.69, 9.17) is 0 Å². The van der Waals surface area contributed by atoms with Crippen molar-refractivity contribution in [2.45, 2.75) is 44.6 Å². The van der Waals surface area contributed by atoms with Crippen LogP contribution in [-0.2, 0) is 0 Å². The average Bonchev–Trinajstić information content (AvgIpc) is 2.72.